The number of hydrogen-bond acceptors (Lipinski definition) is 2. The van der Waals surface area contributed by atoms with Crippen LogP contribution in [0.5, 0.6) is 0 Å². The van der Waals surface area contributed by atoms with E-state index in [0.29, 0.717) is 0 Å². The van der Waals surface area contributed by atoms with E-state index >= 15 is 0 Å². The summed E-state index contributed by atoms with van der Waals surface area (Å²) in [5, 5.41) is 2.93. The summed E-state index contributed by atoms with van der Waals surface area (Å²) >= 11 is 0. The normalized spacial score (nSPS) is 16.0. The summed E-state index contributed by atoms with van der Waals surface area (Å²) in [4.78, 5) is 3.85. The van der Waals surface area contributed by atoms with Crippen LogP contribution < -0.4 is 56.7 Å². The Kier molecular flexibility index (Phi) is 5.06. The van der Waals surface area contributed by atoms with Crippen molar-refractivity contribution in [3.63, 3.8) is 0 Å². The Morgan fingerprint density at radius 1 is 1.67 bits per heavy atom. The van der Waals surface area contributed by atoms with Gasteiger partial charge in [-0.25, -0.2) is 0 Å². The van der Waals surface area contributed by atoms with Gasteiger partial charge < -0.3 is 5.32 Å². The molecule has 6 heavy (non-hydrogen) atoms. The van der Waals surface area contributed by atoms with E-state index in [-0.39, 0.29) is 51.4 Å². The maximum Gasteiger partial charge on any atom is 1.00 e. The molecule has 0 atom stereocenters. The molecule has 0 aromatic rings. The van der Waals surface area contributed by atoms with E-state index in [1.54, 1.807) is 6.34 Å². The van der Waals surface area contributed by atoms with Crippen LogP contribution in [0.1, 0.15) is 0 Å². The Balaban J connectivity index is 0.000000250. The van der Waals surface area contributed by atoms with Crippen LogP contribution in [-0.2, 0) is 0 Å². The molecule has 0 spiro atoms. The van der Waals surface area contributed by atoms with Crippen molar-refractivity contribution in [2.75, 3.05) is 13.1 Å². The molecule has 0 unspecified atom stereocenters. The van der Waals surface area contributed by atoms with Gasteiger partial charge in [-0.3, -0.25) is 4.99 Å². The molecule has 0 aromatic carbocycles. The van der Waals surface area contributed by atoms with Crippen molar-refractivity contribution in [1.82, 2.24) is 5.32 Å². The number of hydrogen-bond donors (Lipinski definition) is 1. The monoisotopic (exact) mass is 109 g/mol. The van der Waals surface area contributed by atoms with Gasteiger partial charge in [0.05, 0.1) is 12.9 Å². The number of nitrogens with zero attached hydrogens (tertiary/aromatic N) is 1. The van der Waals surface area contributed by atoms with Gasteiger partial charge >= 0.3 is 51.4 Å². The van der Waals surface area contributed by atoms with Gasteiger partial charge in [0.15, 0.2) is 0 Å². The molecule has 1 aliphatic heterocycles. The molecule has 0 aliphatic carbocycles. The van der Waals surface area contributed by atoms with E-state index in [4.69, 9.17) is 0 Å². The Hall–Kier alpha value is 1.11. The van der Waals surface area contributed by atoms with Crippen molar-refractivity contribution in [3.05, 3.63) is 0 Å². The number of rotatable bonds is 0. The van der Waals surface area contributed by atoms with Crippen LogP contribution in [0.15, 0.2) is 4.99 Å². The van der Waals surface area contributed by atoms with Gasteiger partial charge in [0.25, 0.3) is 0 Å². The minimum atomic E-state index is 0. The molecule has 0 aromatic heterocycles. The van der Waals surface area contributed by atoms with Gasteiger partial charge in [-0.05, 0) is 0 Å². The van der Waals surface area contributed by atoms with Crippen molar-refractivity contribution in [2.45, 2.75) is 0 Å². The fourth-order valence-corrected chi connectivity index (χ4v) is 0.323. The summed E-state index contributed by atoms with van der Waals surface area (Å²) in [5.74, 6) is 0. The fourth-order valence-electron chi connectivity index (χ4n) is 0.323. The summed E-state index contributed by atoms with van der Waals surface area (Å²) in [6.45, 7) is 1.99. The van der Waals surface area contributed by atoms with Gasteiger partial charge in [-0.1, -0.05) is 0 Å². The van der Waals surface area contributed by atoms with E-state index in [9.17, 15) is 0 Å². The maximum atomic E-state index is 3.85. The van der Waals surface area contributed by atoms with Crippen LogP contribution in [0.4, 0.5) is 0 Å². The van der Waals surface area contributed by atoms with Gasteiger partial charge in [0.1, 0.15) is 0 Å². The van der Waals surface area contributed by atoms with Crippen molar-refractivity contribution < 1.29 is 51.4 Å². The molecule has 1 heterocycles. The van der Waals surface area contributed by atoms with Crippen LogP contribution in [0.25, 0.3) is 0 Å². The summed E-state index contributed by atoms with van der Waals surface area (Å²) in [6, 6.07) is 0. The third-order valence-electron chi connectivity index (χ3n) is 0.568. The molecule has 3 heteroatoms. The van der Waals surface area contributed by atoms with Gasteiger partial charge in [-0.15, -0.1) is 0 Å². The zero-order valence-electron chi connectivity index (χ0n) is 3.94. The van der Waals surface area contributed by atoms with Crippen LogP contribution >= 0.6 is 0 Å². The quantitative estimate of drug-likeness (QED) is 0.323. The van der Waals surface area contributed by atoms with Crippen LogP contribution in [0.3, 0.4) is 0 Å². The first-order valence-corrected chi connectivity index (χ1v) is 1.72. The first-order chi connectivity index (χ1) is 2.50. The SMILES string of the molecule is C1=NCCN1.[K+]. The van der Waals surface area contributed by atoms with Crippen molar-refractivity contribution >= 4 is 6.34 Å². The fraction of sp³-hybridized carbons (Fsp3) is 0.667. The van der Waals surface area contributed by atoms with Crippen LogP contribution in [0.2, 0.25) is 0 Å². The van der Waals surface area contributed by atoms with E-state index in [0.717, 1.165) is 13.1 Å². The first kappa shape index (κ1) is 7.11. The van der Waals surface area contributed by atoms with E-state index in [1.165, 1.54) is 0 Å². The average molecular weight is 109 g/mol. The predicted molar refractivity (Wildman–Crippen MR) is 21.4 cm³/mol. The zero-order valence-corrected chi connectivity index (χ0v) is 7.06. The molecule has 0 bridgehead atoms. The molecular weight excluding hydrogens is 103 g/mol. The second kappa shape index (κ2) is 4.27. The Labute approximate surface area is 79.8 Å². The maximum absolute atomic E-state index is 3.85. The molecule has 0 fully saturated rings. The van der Waals surface area contributed by atoms with Gasteiger partial charge in [0, 0.05) is 6.54 Å². The Morgan fingerprint density at radius 3 is 2.67 bits per heavy atom. The predicted octanol–water partition coefficient (Wildman–Crippen LogP) is -3.38. The van der Waals surface area contributed by atoms with E-state index in [1.807, 2.05) is 0 Å². The third kappa shape index (κ3) is 2.31. The molecule has 0 saturated carbocycles. The molecule has 1 rings (SSSR count). The number of aliphatic imine (C=N–C) groups is 1. The smallest absolute Gasteiger partial charge is 0.375 e. The molecule has 1 N–H and O–H groups in total. The molecule has 2 nitrogen and oxygen atoms in total. The molecule has 1 aliphatic rings. The van der Waals surface area contributed by atoms with Gasteiger partial charge in [0.2, 0.25) is 0 Å². The topological polar surface area (TPSA) is 24.4 Å². The van der Waals surface area contributed by atoms with Crippen molar-refractivity contribution in [3.8, 4) is 0 Å². The van der Waals surface area contributed by atoms with Crippen molar-refractivity contribution in [1.29, 1.82) is 0 Å². The summed E-state index contributed by atoms with van der Waals surface area (Å²) < 4.78 is 0. The van der Waals surface area contributed by atoms with Gasteiger partial charge in [-0.2, -0.15) is 0 Å². The second-order valence-electron chi connectivity index (χ2n) is 0.989. The minimum absolute atomic E-state index is 0. The zero-order chi connectivity index (χ0) is 3.54. The Bertz CT molecular complexity index is 46.8. The van der Waals surface area contributed by atoms with Crippen LogP contribution in [0, 0.1) is 0 Å². The molecule has 0 saturated heterocycles. The Morgan fingerprint density at radius 2 is 2.50 bits per heavy atom. The standard InChI is InChI=1S/C3H6N2.K/c1-2-5-3-4-1;/h3H,1-2H2,(H,4,5);/q;+1. The number of nitrogens with one attached hydrogen (secondary N) is 1. The summed E-state index contributed by atoms with van der Waals surface area (Å²) in [7, 11) is 0. The van der Waals surface area contributed by atoms with Crippen LogP contribution in [-0.4, -0.2) is 19.4 Å². The minimum Gasteiger partial charge on any atom is -0.375 e. The molecular formula is C3H6KN2+. The molecule has 0 amide bonds. The van der Waals surface area contributed by atoms with Crippen molar-refractivity contribution in [2.24, 2.45) is 4.99 Å². The first-order valence-electron chi connectivity index (χ1n) is 1.72. The molecule has 28 valence electrons. The van der Waals surface area contributed by atoms with E-state index < -0.39 is 0 Å². The second-order valence-corrected chi connectivity index (χ2v) is 0.989. The summed E-state index contributed by atoms with van der Waals surface area (Å²) in [5.41, 5.74) is 0. The average Bonchev–Trinajstić information content (AvgIpc) is 1.76. The van der Waals surface area contributed by atoms with E-state index in [2.05, 4.69) is 10.3 Å². The summed E-state index contributed by atoms with van der Waals surface area (Å²) in [6.07, 6.45) is 1.74. The third-order valence-corrected chi connectivity index (χ3v) is 0.568. The molecule has 0 radical (unpaired) electrons. The largest absolute Gasteiger partial charge is 1.00 e.